The Morgan fingerprint density at radius 2 is 1.46 bits per heavy atom. The van der Waals surface area contributed by atoms with Crippen molar-refractivity contribution in [3.63, 3.8) is 0 Å². The smallest absolute Gasteiger partial charge is 0.143 e. The third-order valence-electron chi connectivity index (χ3n) is 10.7. The van der Waals surface area contributed by atoms with Crippen LogP contribution in [0.15, 0.2) is 43.0 Å². The van der Waals surface area contributed by atoms with E-state index < -0.39 is 0 Å². The number of benzene rings is 1. The SMILES string of the molecule is CC(C)N1CCC(Cn2cncn2)(C2CCCCC2)CC1.CCCC(=O)C1(c2ccccc2)CCN(C(C)C)CC1. The number of aromatic nitrogens is 3. The topological polar surface area (TPSA) is 54.3 Å². The molecular weight excluding hydrogens is 506 g/mol. The fraction of sp³-hybridized carbons (Fsp3) is 0.743. The lowest BCUT2D eigenvalue weighted by atomic mass is 9.63. The van der Waals surface area contributed by atoms with Crippen molar-refractivity contribution in [3.8, 4) is 0 Å². The molecule has 3 fully saturated rings. The minimum Gasteiger partial charge on any atom is -0.301 e. The van der Waals surface area contributed by atoms with Crippen molar-refractivity contribution < 1.29 is 4.79 Å². The molecule has 1 aliphatic carbocycles. The highest BCUT2D eigenvalue weighted by Crippen LogP contribution is 2.47. The summed E-state index contributed by atoms with van der Waals surface area (Å²) in [5, 5.41) is 4.40. The highest BCUT2D eigenvalue weighted by molar-refractivity contribution is 5.90. The van der Waals surface area contributed by atoms with Crippen LogP contribution in [0.4, 0.5) is 0 Å². The first-order chi connectivity index (χ1) is 19.8. The van der Waals surface area contributed by atoms with E-state index in [-0.39, 0.29) is 5.41 Å². The van der Waals surface area contributed by atoms with Crippen LogP contribution in [0.1, 0.15) is 111 Å². The Labute approximate surface area is 250 Å². The lowest BCUT2D eigenvalue weighted by molar-refractivity contribution is -0.126. The fourth-order valence-electron chi connectivity index (χ4n) is 7.91. The monoisotopic (exact) mass is 563 g/mol. The Morgan fingerprint density at radius 3 is 1.98 bits per heavy atom. The van der Waals surface area contributed by atoms with E-state index in [0.717, 1.165) is 44.8 Å². The van der Waals surface area contributed by atoms with Crippen molar-refractivity contribution in [2.45, 2.75) is 129 Å². The van der Waals surface area contributed by atoms with E-state index >= 15 is 0 Å². The van der Waals surface area contributed by atoms with Gasteiger partial charge in [0.1, 0.15) is 18.4 Å². The number of carbonyl (C=O) groups excluding carboxylic acids is 1. The average Bonchev–Trinajstić information content (AvgIpc) is 3.51. The summed E-state index contributed by atoms with van der Waals surface area (Å²) in [7, 11) is 0. The molecule has 2 aliphatic heterocycles. The van der Waals surface area contributed by atoms with Gasteiger partial charge in [-0.3, -0.25) is 9.48 Å². The molecule has 1 aromatic heterocycles. The Bertz CT molecular complexity index is 1010. The number of hydrogen-bond donors (Lipinski definition) is 0. The van der Waals surface area contributed by atoms with Gasteiger partial charge in [0, 0.05) is 25.0 Å². The lowest BCUT2D eigenvalue weighted by Crippen LogP contribution is -2.49. The minimum absolute atomic E-state index is 0.233. The Morgan fingerprint density at radius 1 is 0.878 bits per heavy atom. The number of hydrogen-bond acceptors (Lipinski definition) is 5. The van der Waals surface area contributed by atoms with Gasteiger partial charge >= 0.3 is 0 Å². The van der Waals surface area contributed by atoms with E-state index in [1.165, 1.54) is 63.6 Å². The highest BCUT2D eigenvalue weighted by Gasteiger charge is 2.43. The maximum atomic E-state index is 12.8. The molecule has 0 bridgehead atoms. The second-order valence-corrected chi connectivity index (χ2v) is 13.7. The number of ketones is 1. The van der Waals surface area contributed by atoms with Crippen LogP contribution in [0.3, 0.4) is 0 Å². The molecule has 2 saturated heterocycles. The third kappa shape index (κ3) is 7.87. The highest BCUT2D eigenvalue weighted by atomic mass is 16.1. The van der Waals surface area contributed by atoms with Crippen LogP contribution in [0, 0.1) is 11.3 Å². The Balaban J connectivity index is 0.000000189. The predicted molar refractivity (Wildman–Crippen MR) is 169 cm³/mol. The van der Waals surface area contributed by atoms with Gasteiger partial charge in [0.25, 0.3) is 0 Å². The molecule has 5 rings (SSSR count). The minimum atomic E-state index is -0.233. The second kappa shape index (κ2) is 14.9. The van der Waals surface area contributed by atoms with Crippen LogP contribution < -0.4 is 0 Å². The summed E-state index contributed by atoms with van der Waals surface area (Å²) in [6, 6.07) is 11.7. The molecule has 0 spiro atoms. The van der Waals surface area contributed by atoms with Gasteiger partial charge in [0.15, 0.2) is 0 Å². The van der Waals surface area contributed by atoms with Crippen molar-refractivity contribution in [2.75, 3.05) is 26.2 Å². The summed E-state index contributed by atoms with van der Waals surface area (Å²) in [6.45, 7) is 16.9. The van der Waals surface area contributed by atoms with Gasteiger partial charge in [-0.05, 0) is 116 Å². The van der Waals surface area contributed by atoms with Gasteiger partial charge in [-0.2, -0.15) is 5.10 Å². The number of rotatable bonds is 9. The summed E-state index contributed by atoms with van der Waals surface area (Å²) in [4.78, 5) is 22.1. The number of Topliss-reactive ketones (excluding diaryl/α,β-unsaturated/α-hetero) is 1. The van der Waals surface area contributed by atoms with Crippen LogP contribution in [0.2, 0.25) is 0 Å². The Kier molecular flexibility index (Phi) is 11.6. The first-order valence-electron chi connectivity index (χ1n) is 16.7. The van der Waals surface area contributed by atoms with Crippen molar-refractivity contribution in [1.82, 2.24) is 24.6 Å². The average molecular weight is 564 g/mol. The summed E-state index contributed by atoms with van der Waals surface area (Å²) in [5.74, 6) is 1.33. The maximum Gasteiger partial charge on any atom is 0.143 e. The van der Waals surface area contributed by atoms with Gasteiger partial charge in [-0.1, -0.05) is 56.5 Å². The zero-order valence-electron chi connectivity index (χ0n) is 26.7. The molecule has 6 nitrogen and oxygen atoms in total. The van der Waals surface area contributed by atoms with Crippen molar-refractivity contribution in [1.29, 1.82) is 0 Å². The van der Waals surface area contributed by atoms with E-state index in [9.17, 15) is 4.79 Å². The number of piperidine rings is 2. The molecule has 0 radical (unpaired) electrons. The number of carbonyl (C=O) groups is 1. The van der Waals surface area contributed by atoms with Gasteiger partial charge in [0.05, 0.1) is 5.41 Å². The fourth-order valence-corrected chi connectivity index (χ4v) is 7.91. The van der Waals surface area contributed by atoms with Gasteiger partial charge < -0.3 is 9.80 Å². The van der Waals surface area contributed by atoms with Crippen LogP contribution in [0.25, 0.3) is 0 Å². The molecule has 1 aromatic carbocycles. The molecule has 0 amide bonds. The van der Waals surface area contributed by atoms with Gasteiger partial charge in [-0.25, -0.2) is 4.98 Å². The zero-order valence-corrected chi connectivity index (χ0v) is 26.7. The summed E-state index contributed by atoms with van der Waals surface area (Å²) in [5.41, 5.74) is 1.45. The molecule has 3 aliphatic rings. The predicted octanol–water partition coefficient (Wildman–Crippen LogP) is 7.15. The molecule has 3 heterocycles. The second-order valence-electron chi connectivity index (χ2n) is 13.7. The lowest BCUT2D eigenvalue weighted by Gasteiger charge is -2.48. The van der Waals surface area contributed by atoms with E-state index in [1.807, 2.05) is 12.4 Å². The summed E-state index contributed by atoms with van der Waals surface area (Å²) >= 11 is 0. The molecule has 0 unspecified atom stereocenters. The van der Waals surface area contributed by atoms with Crippen LogP contribution in [-0.4, -0.2) is 68.6 Å². The van der Waals surface area contributed by atoms with E-state index in [4.69, 9.17) is 0 Å². The maximum absolute atomic E-state index is 12.8. The normalized spacial score (nSPS) is 21.9. The van der Waals surface area contributed by atoms with Crippen molar-refractivity contribution in [3.05, 3.63) is 48.5 Å². The first-order valence-corrected chi connectivity index (χ1v) is 16.7. The van der Waals surface area contributed by atoms with Crippen LogP contribution in [-0.2, 0) is 16.8 Å². The molecule has 6 heteroatoms. The zero-order chi connectivity index (χ0) is 29.3. The Hall–Kier alpha value is -2.05. The summed E-state index contributed by atoms with van der Waals surface area (Å²) < 4.78 is 2.08. The largest absolute Gasteiger partial charge is 0.301 e. The van der Waals surface area contributed by atoms with Crippen molar-refractivity contribution >= 4 is 5.78 Å². The van der Waals surface area contributed by atoms with Gasteiger partial charge in [0.2, 0.25) is 0 Å². The van der Waals surface area contributed by atoms with Crippen LogP contribution in [0.5, 0.6) is 0 Å². The molecule has 41 heavy (non-hydrogen) atoms. The summed E-state index contributed by atoms with van der Waals surface area (Å²) in [6.07, 6.45) is 17.0. The molecule has 0 atom stereocenters. The van der Waals surface area contributed by atoms with E-state index in [1.54, 1.807) is 6.33 Å². The van der Waals surface area contributed by atoms with Crippen LogP contribution >= 0.6 is 0 Å². The molecule has 0 N–H and O–H groups in total. The van der Waals surface area contributed by atoms with E-state index in [2.05, 4.69) is 83.4 Å². The number of likely N-dealkylation sites (tertiary alicyclic amines) is 2. The molecule has 1 saturated carbocycles. The number of nitrogens with zero attached hydrogens (tertiary/aromatic N) is 5. The standard InChI is InChI=1S/C18H27NO.C17H30N4/c1-4-8-17(20)18(16-9-6-5-7-10-16)11-13-19(14-12-18)15(2)3;1-15(2)20-10-8-17(9-11-20,12-21-14-18-13-19-21)16-6-4-3-5-7-16/h5-7,9-10,15H,4,8,11-14H2,1-3H3;13-16H,3-12H2,1-2H3. The third-order valence-corrected chi connectivity index (χ3v) is 10.7. The van der Waals surface area contributed by atoms with Gasteiger partial charge in [-0.15, -0.1) is 0 Å². The molecule has 2 aromatic rings. The molecular formula is C35H57N5O. The van der Waals surface area contributed by atoms with E-state index in [0.29, 0.717) is 29.7 Å². The quantitative estimate of drug-likeness (QED) is 0.324. The van der Waals surface area contributed by atoms with Crippen molar-refractivity contribution in [2.24, 2.45) is 11.3 Å². The molecule has 228 valence electrons. The first kappa shape index (κ1) is 31.9.